The highest BCUT2D eigenvalue weighted by molar-refractivity contribution is 7.20. The molecule has 1 unspecified atom stereocenters. The molecule has 6 nitrogen and oxygen atoms in total. The number of hydrogen-bond acceptors (Lipinski definition) is 5. The molecule has 0 bridgehead atoms. The van der Waals surface area contributed by atoms with Gasteiger partial charge in [-0.05, 0) is 44.9 Å². The molecule has 2 heterocycles. The Morgan fingerprint density at radius 3 is 2.42 bits per heavy atom. The van der Waals surface area contributed by atoms with Gasteiger partial charge in [-0.1, -0.05) is 39.8 Å². The predicted molar refractivity (Wildman–Crippen MR) is 127 cm³/mol. The molecule has 1 aromatic carbocycles. The van der Waals surface area contributed by atoms with Crippen LogP contribution in [-0.2, 0) is 5.41 Å². The number of rotatable bonds is 5. The summed E-state index contributed by atoms with van der Waals surface area (Å²) in [5, 5.41) is 6.80. The third-order valence-corrected chi connectivity index (χ3v) is 6.44. The fourth-order valence-corrected chi connectivity index (χ4v) is 4.39. The number of amides is 2. The maximum atomic E-state index is 13.2. The van der Waals surface area contributed by atoms with E-state index in [4.69, 9.17) is 4.98 Å². The fourth-order valence-electron chi connectivity index (χ4n) is 3.26. The number of fused-ring (bicyclic) bond motifs is 1. The van der Waals surface area contributed by atoms with Gasteiger partial charge in [0.25, 0.3) is 11.8 Å². The largest absolute Gasteiger partial charge is 0.350 e. The van der Waals surface area contributed by atoms with Crippen LogP contribution in [-0.4, -0.2) is 27.8 Å². The summed E-state index contributed by atoms with van der Waals surface area (Å²) in [4.78, 5) is 36.6. The van der Waals surface area contributed by atoms with E-state index in [0.717, 1.165) is 33.7 Å². The molecule has 0 aliphatic heterocycles. The maximum Gasteiger partial charge on any atom is 0.266 e. The summed E-state index contributed by atoms with van der Waals surface area (Å²) in [7, 11) is 0. The number of nitrogens with zero attached hydrogens (tertiary/aromatic N) is 2. The third kappa shape index (κ3) is 4.77. The number of aromatic nitrogens is 2. The van der Waals surface area contributed by atoms with Crippen molar-refractivity contribution in [3.05, 3.63) is 51.8 Å². The number of benzene rings is 1. The molecule has 0 aliphatic carbocycles. The first-order valence-corrected chi connectivity index (χ1v) is 11.3. The molecule has 0 saturated carbocycles. The number of anilines is 1. The van der Waals surface area contributed by atoms with Crippen molar-refractivity contribution in [3.63, 3.8) is 0 Å². The standard InChI is InChI=1S/C24H30N4O2S/c1-8-13(2)25-20(29)16-11-9-10-12-17(16)27-21(30)19-14(3)18-15(4)26-23(24(5,6)7)28-22(18)31-19/h9-13H,8H2,1-7H3,(H,25,29)(H,27,30). The molecular formula is C24H30N4O2S. The van der Waals surface area contributed by atoms with Gasteiger partial charge in [0.05, 0.1) is 21.8 Å². The van der Waals surface area contributed by atoms with Crippen molar-refractivity contribution in [3.8, 4) is 0 Å². The van der Waals surface area contributed by atoms with E-state index in [-0.39, 0.29) is 23.3 Å². The van der Waals surface area contributed by atoms with E-state index in [1.165, 1.54) is 11.3 Å². The van der Waals surface area contributed by atoms with Gasteiger partial charge in [0.15, 0.2) is 0 Å². The Hall–Kier alpha value is -2.80. The summed E-state index contributed by atoms with van der Waals surface area (Å²) in [6.45, 7) is 14.1. The van der Waals surface area contributed by atoms with Crippen molar-refractivity contribution in [2.45, 2.75) is 66.3 Å². The summed E-state index contributed by atoms with van der Waals surface area (Å²) in [5.41, 5.74) is 2.48. The molecule has 164 valence electrons. The predicted octanol–water partition coefficient (Wildman–Crippen LogP) is 5.39. The van der Waals surface area contributed by atoms with E-state index in [1.807, 2.05) is 27.7 Å². The normalized spacial score (nSPS) is 12.6. The van der Waals surface area contributed by atoms with Crippen LogP contribution in [0.2, 0.25) is 0 Å². The Bertz CT molecular complexity index is 1140. The highest BCUT2D eigenvalue weighted by Gasteiger charge is 2.24. The first kappa shape index (κ1) is 22.9. The minimum Gasteiger partial charge on any atom is -0.350 e. The van der Waals surface area contributed by atoms with E-state index in [1.54, 1.807) is 24.3 Å². The number of thiophene rings is 1. The zero-order chi connectivity index (χ0) is 22.9. The Labute approximate surface area is 187 Å². The monoisotopic (exact) mass is 438 g/mol. The second-order valence-electron chi connectivity index (χ2n) is 8.90. The van der Waals surface area contributed by atoms with Crippen molar-refractivity contribution in [1.29, 1.82) is 0 Å². The van der Waals surface area contributed by atoms with Crippen LogP contribution < -0.4 is 10.6 Å². The first-order valence-electron chi connectivity index (χ1n) is 10.5. The van der Waals surface area contributed by atoms with Crippen molar-refractivity contribution in [2.75, 3.05) is 5.32 Å². The summed E-state index contributed by atoms with van der Waals surface area (Å²) in [5.74, 6) is 0.314. The van der Waals surface area contributed by atoms with Gasteiger partial charge < -0.3 is 10.6 Å². The Morgan fingerprint density at radius 2 is 1.77 bits per heavy atom. The smallest absolute Gasteiger partial charge is 0.266 e. The number of hydrogen-bond donors (Lipinski definition) is 2. The first-order chi connectivity index (χ1) is 14.5. The topological polar surface area (TPSA) is 84.0 Å². The molecule has 0 fully saturated rings. The SMILES string of the molecule is CCC(C)NC(=O)c1ccccc1NC(=O)c1sc2nc(C(C)(C)C)nc(C)c2c1C. The maximum absolute atomic E-state index is 13.2. The highest BCUT2D eigenvalue weighted by Crippen LogP contribution is 2.33. The van der Waals surface area contributed by atoms with Crippen LogP contribution in [0.25, 0.3) is 10.2 Å². The fraction of sp³-hybridized carbons (Fsp3) is 0.417. The van der Waals surface area contributed by atoms with Crippen molar-refractivity contribution in [1.82, 2.24) is 15.3 Å². The van der Waals surface area contributed by atoms with Crippen LogP contribution in [0.5, 0.6) is 0 Å². The molecule has 31 heavy (non-hydrogen) atoms. The lowest BCUT2D eigenvalue weighted by atomic mass is 9.95. The van der Waals surface area contributed by atoms with Crippen molar-refractivity contribution < 1.29 is 9.59 Å². The zero-order valence-corrected chi connectivity index (χ0v) is 20.0. The Morgan fingerprint density at radius 1 is 1.10 bits per heavy atom. The van der Waals surface area contributed by atoms with Crippen LogP contribution in [0.3, 0.4) is 0 Å². The average molecular weight is 439 g/mol. The zero-order valence-electron chi connectivity index (χ0n) is 19.2. The molecular weight excluding hydrogens is 408 g/mol. The van der Waals surface area contributed by atoms with Gasteiger partial charge in [0.1, 0.15) is 10.7 Å². The van der Waals surface area contributed by atoms with E-state index in [9.17, 15) is 9.59 Å². The summed E-state index contributed by atoms with van der Waals surface area (Å²) in [6, 6.07) is 7.11. The van der Waals surface area contributed by atoms with Gasteiger partial charge in [-0.25, -0.2) is 9.97 Å². The van der Waals surface area contributed by atoms with E-state index in [2.05, 4.69) is 36.4 Å². The quantitative estimate of drug-likeness (QED) is 0.560. The van der Waals surface area contributed by atoms with Crippen LogP contribution in [0.1, 0.15) is 78.2 Å². The second kappa shape index (κ2) is 8.75. The lowest BCUT2D eigenvalue weighted by Crippen LogP contribution is -2.32. The molecule has 2 amide bonds. The van der Waals surface area contributed by atoms with E-state index < -0.39 is 0 Å². The van der Waals surface area contributed by atoms with Crippen LogP contribution in [0, 0.1) is 13.8 Å². The molecule has 0 radical (unpaired) electrons. The molecule has 0 saturated heterocycles. The molecule has 0 spiro atoms. The molecule has 7 heteroatoms. The van der Waals surface area contributed by atoms with Gasteiger partial charge in [-0.3, -0.25) is 9.59 Å². The van der Waals surface area contributed by atoms with E-state index in [0.29, 0.717) is 16.1 Å². The summed E-state index contributed by atoms with van der Waals surface area (Å²) in [6.07, 6.45) is 0.832. The Kier molecular flexibility index (Phi) is 6.46. The average Bonchev–Trinajstić information content (AvgIpc) is 3.04. The van der Waals surface area contributed by atoms with Crippen LogP contribution in [0.4, 0.5) is 5.69 Å². The van der Waals surface area contributed by atoms with Crippen molar-refractivity contribution >= 4 is 39.1 Å². The van der Waals surface area contributed by atoms with Crippen LogP contribution >= 0.6 is 11.3 Å². The lowest BCUT2D eigenvalue weighted by molar-refractivity contribution is 0.0940. The van der Waals surface area contributed by atoms with Gasteiger partial charge >= 0.3 is 0 Å². The van der Waals surface area contributed by atoms with Gasteiger partial charge in [0, 0.05) is 16.8 Å². The van der Waals surface area contributed by atoms with Crippen molar-refractivity contribution in [2.24, 2.45) is 0 Å². The van der Waals surface area contributed by atoms with E-state index >= 15 is 0 Å². The molecule has 2 aromatic heterocycles. The summed E-state index contributed by atoms with van der Waals surface area (Å²) < 4.78 is 0. The minimum atomic E-state index is -0.249. The van der Waals surface area contributed by atoms with Gasteiger partial charge in [-0.2, -0.15) is 0 Å². The third-order valence-electron chi connectivity index (χ3n) is 5.26. The van der Waals surface area contributed by atoms with Crippen LogP contribution in [0.15, 0.2) is 24.3 Å². The number of carbonyl (C=O) groups is 2. The molecule has 1 atom stereocenters. The number of carbonyl (C=O) groups excluding carboxylic acids is 2. The van der Waals surface area contributed by atoms with Gasteiger partial charge in [0.2, 0.25) is 0 Å². The molecule has 0 aliphatic rings. The lowest BCUT2D eigenvalue weighted by Gasteiger charge is -2.16. The Balaban J connectivity index is 1.96. The number of aryl methyl sites for hydroxylation is 2. The molecule has 2 N–H and O–H groups in total. The second-order valence-corrected chi connectivity index (χ2v) is 9.90. The summed E-state index contributed by atoms with van der Waals surface area (Å²) >= 11 is 1.36. The van der Waals surface area contributed by atoms with Gasteiger partial charge in [-0.15, -0.1) is 11.3 Å². The minimum absolute atomic E-state index is 0.0552. The highest BCUT2D eigenvalue weighted by atomic mass is 32.1. The molecule has 3 aromatic rings. The number of nitrogens with one attached hydrogen (secondary N) is 2. The molecule has 3 rings (SSSR count). The number of para-hydroxylation sites is 1.